The molecule has 0 saturated carbocycles. The van der Waals surface area contributed by atoms with Crippen LogP contribution in [0.2, 0.25) is 0 Å². The Morgan fingerprint density at radius 3 is 2.79 bits per heavy atom. The summed E-state index contributed by atoms with van der Waals surface area (Å²) in [6.45, 7) is 5.77. The van der Waals surface area contributed by atoms with Crippen LogP contribution in [0.15, 0.2) is 24.3 Å². The largest absolute Gasteiger partial charge is 0.462 e. The molecule has 5 nitrogen and oxygen atoms in total. The van der Waals surface area contributed by atoms with E-state index in [2.05, 4.69) is 5.10 Å². The van der Waals surface area contributed by atoms with Gasteiger partial charge in [-0.15, -0.1) is 0 Å². The van der Waals surface area contributed by atoms with E-state index in [4.69, 9.17) is 10.5 Å². The summed E-state index contributed by atoms with van der Waals surface area (Å²) in [5, 5.41) is 4.39. The highest BCUT2D eigenvalue weighted by molar-refractivity contribution is 5.92. The van der Waals surface area contributed by atoms with Gasteiger partial charge < -0.3 is 10.5 Å². The maximum absolute atomic E-state index is 11.9. The molecule has 2 N–H and O–H groups in total. The monoisotopic (exact) mass is 259 g/mol. The molecule has 2 aromatic rings. The van der Waals surface area contributed by atoms with Gasteiger partial charge in [0, 0.05) is 5.69 Å². The molecule has 0 aliphatic heterocycles. The highest BCUT2D eigenvalue weighted by Crippen LogP contribution is 2.20. The number of hydrogen-bond donors (Lipinski definition) is 1. The van der Waals surface area contributed by atoms with Crippen molar-refractivity contribution in [3.8, 4) is 5.69 Å². The molecule has 19 heavy (non-hydrogen) atoms. The Morgan fingerprint density at radius 1 is 1.42 bits per heavy atom. The fourth-order valence-corrected chi connectivity index (χ4v) is 2.05. The number of nitrogens with zero attached hydrogens (tertiary/aromatic N) is 2. The van der Waals surface area contributed by atoms with Crippen molar-refractivity contribution in [1.82, 2.24) is 9.78 Å². The van der Waals surface area contributed by atoms with Gasteiger partial charge in [0.05, 0.1) is 23.7 Å². The number of rotatable bonds is 3. The van der Waals surface area contributed by atoms with Crippen LogP contribution in [-0.2, 0) is 4.74 Å². The average molecular weight is 259 g/mol. The molecule has 0 saturated heterocycles. The molecule has 1 aromatic carbocycles. The second kappa shape index (κ2) is 5.14. The molecule has 1 heterocycles. The van der Waals surface area contributed by atoms with Crippen molar-refractivity contribution in [3.05, 3.63) is 41.2 Å². The number of aryl methyl sites for hydroxylation is 1. The molecule has 100 valence electrons. The molecule has 0 aliphatic carbocycles. The Hall–Kier alpha value is -2.30. The second-order valence-corrected chi connectivity index (χ2v) is 4.27. The minimum Gasteiger partial charge on any atom is -0.462 e. The molecule has 0 fully saturated rings. The van der Waals surface area contributed by atoms with Gasteiger partial charge >= 0.3 is 5.97 Å². The number of ether oxygens (including phenoxy) is 1. The summed E-state index contributed by atoms with van der Waals surface area (Å²) in [5.74, 6) is -0.340. The smallest absolute Gasteiger partial charge is 0.341 e. The Bertz CT molecular complexity index is 617. The van der Waals surface area contributed by atoms with Crippen molar-refractivity contribution in [2.24, 2.45) is 0 Å². The van der Waals surface area contributed by atoms with Crippen molar-refractivity contribution in [2.75, 3.05) is 12.3 Å². The molecule has 5 heteroatoms. The summed E-state index contributed by atoms with van der Waals surface area (Å²) < 4.78 is 6.75. The van der Waals surface area contributed by atoms with Gasteiger partial charge in [0.2, 0.25) is 0 Å². The van der Waals surface area contributed by atoms with E-state index in [1.54, 1.807) is 24.6 Å². The Balaban J connectivity index is 2.50. The molecule has 0 atom stereocenters. The number of anilines is 1. The number of nitrogens with two attached hydrogens (primary N) is 1. The van der Waals surface area contributed by atoms with Crippen molar-refractivity contribution >= 4 is 11.7 Å². The molecule has 0 spiro atoms. The lowest BCUT2D eigenvalue weighted by atomic mass is 10.2. The summed E-state index contributed by atoms with van der Waals surface area (Å²) in [7, 11) is 0. The molecule has 0 amide bonds. The van der Waals surface area contributed by atoms with Crippen LogP contribution in [0.5, 0.6) is 0 Å². The Morgan fingerprint density at radius 2 is 2.16 bits per heavy atom. The Kier molecular flexibility index (Phi) is 3.55. The molecular formula is C14H17N3O2. The first-order chi connectivity index (χ1) is 9.04. The van der Waals surface area contributed by atoms with Gasteiger partial charge in [-0.3, -0.25) is 0 Å². The van der Waals surface area contributed by atoms with Gasteiger partial charge in [-0.1, -0.05) is 6.07 Å². The van der Waals surface area contributed by atoms with Gasteiger partial charge in [-0.2, -0.15) is 5.10 Å². The average Bonchev–Trinajstić information content (AvgIpc) is 2.65. The van der Waals surface area contributed by atoms with Gasteiger partial charge in [0.15, 0.2) is 0 Å². The third kappa shape index (κ3) is 2.45. The van der Waals surface area contributed by atoms with Crippen molar-refractivity contribution in [1.29, 1.82) is 0 Å². The van der Waals surface area contributed by atoms with E-state index in [-0.39, 0.29) is 5.97 Å². The number of esters is 1. The normalized spacial score (nSPS) is 10.5. The SMILES string of the molecule is CCOC(=O)c1c(C)nn(-c2cccc(N)c2)c1C. The number of nitrogen functional groups attached to an aromatic ring is 1. The second-order valence-electron chi connectivity index (χ2n) is 4.27. The van der Waals surface area contributed by atoms with Crippen molar-refractivity contribution in [2.45, 2.75) is 20.8 Å². The number of benzene rings is 1. The zero-order chi connectivity index (χ0) is 14.0. The van der Waals surface area contributed by atoms with Crippen LogP contribution in [0.25, 0.3) is 5.69 Å². The molecule has 0 bridgehead atoms. The first kappa shape index (κ1) is 13.1. The predicted molar refractivity (Wildman–Crippen MR) is 73.4 cm³/mol. The summed E-state index contributed by atoms with van der Waals surface area (Å²) in [6.07, 6.45) is 0. The summed E-state index contributed by atoms with van der Waals surface area (Å²) in [5.41, 5.74) is 9.17. The maximum Gasteiger partial charge on any atom is 0.341 e. The molecule has 1 aromatic heterocycles. The van der Waals surface area contributed by atoms with Gasteiger partial charge in [-0.05, 0) is 39.0 Å². The molecule has 0 unspecified atom stereocenters. The highest BCUT2D eigenvalue weighted by Gasteiger charge is 2.20. The number of carbonyl (C=O) groups excluding carboxylic acids is 1. The topological polar surface area (TPSA) is 70.1 Å². The minimum absolute atomic E-state index is 0.340. The van der Waals surface area contributed by atoms with Gasteiger partial charge in [-0.25, -0.2) is 9.48 Å². The fraction of sp³-hybridized carbons (Fsp3) is 0.286. The standard InChI is InChI=1S/C14H17N3O2/c1-4-19-14(18)13-9(2)16-17(10(13)3)12-7-5-6-11(15)8-12/h5-8H,4,15H2,1-3H3. The van der Waals surface area contributed by atoms with E-state index in [0.29, 0.717) is 23.6 Å². The molecule has 0 aliphatic rings. The first-order valence-corrected chi connectivity index (χ1v) is 6.13. The Labute approximate surface area is 112 Å². The van der Waals surface area contributed by atoms with Crippen LogP contribution < -0.4 is 5.73 Å². The summed E-state index contributed by atoms with van der Waals surface area (Å²) in [6, 6.07) is 7.37. The van der Waals surface area contributed by atoms with Crippen LogP contribution in [-0.4, -0.2) is 22.4 Å². The van der Waals surface area contributed by atoms with Crippen LogP contribution >= 0.6 is 0 Å². The van der Waals surface area contributed by atoms with Crippen molar-refractivity contribution in [3.63, 3.8) is 0 Å². The lowest BCUT2D eigenvalue weighted by Crippen LogP contribution is -2.07. The van der Waals surface area contributed by atoms with Gasteiger partial charge in [0.25, 0.3) is 0 Å². The van der Waals surface area contributed by atoms with Crippen molar-refractivity contribution < 1.29 is 9.53 Å². The number of hydrogen-bond acceptors (Lipinski definition) is 4. The number of carbonyl (C=O) groups is 1. The molecule has 0 radical (unpaired) electrons. The minimum atomic E-state index is -0.340. The highest BCUT2D eigenvalue weighted by atomic mass is 16.5. The molecule has 2 rings (SSSR count). The third-order valence-corrected chi connectivity index (χ3v) is 2.89. The zero-order valence-electron chi connectivity index (χ0n) is 11.3. The lowest BCUT2D eigenvalue weighted by molar-refractivity contribution is 0.0524. The fourth-order valence-electron chi connectivity index (χ4n) is 2.05. The van der Waals surface area contributed by atoms with Crippen LogP contribution in [0.1, 0.15) is 28.7 Å². The van der Waals surface area contributed by atoms with Gasteiger partial charge in [0.1, 0.15) is 5.56 Å². The quantitative estimate of drug-likeness (QED) is 0.678. The summed E-state index contributed by atoms with van der Waals surface area (Å²) in [4.78, 5) is 11.9. The molecular weight excluding hydrogens is 242 g/mol. The van der Waals surface area contributed by atoms with E-state index in [9.17, 15) is 4.79 Å². The third-order valence-electron chi connectivity index (χ3n) is 2.89. The lowest BCUT2D eigenvalue weighted by Gasteiger charge is -2.06. The summed E-state index contributed by atoms with van der Waals surface area (Å²) >= 11 is 0. The van der Waals surface area contributed by atoms with Crippen LogP contribution in [0.4, 0.5) is 5.69 Å². The maximum atomic E-state index is 11.9. The van der Waals surface area contributed by atoms with Crippen LogP contribution in [0, 0.1) is 13.8 Å². The van der Waals surface area contributed by atoms with E-state index >= 15 is 0 Å². The van der Waals surface area contributed by atoms with E-state index in [0.717, 1.165) is 11.4 Å². The number of aromatic nitrogens is 2. The van der Waals surface area contributed by atoms with E-state index < -0.39 is 0 Å². The zero-order valence-corrected chi connectivity index (χ0v) is 11.3. The van der Waals surface area contributed by atoms with E-state index in [1.165, 1.54) is 0 Å². The first-order valence-electron chi connectivity index (χ1n) is 6.13. The predicted octanol–water partition coefficient (Wildman–Crippen LogP) is 2.25. The van der Waals surface area contributed by atoms with Crippen LogP contribution in [0.3, 0.4) is 0 Å². The van der Waals surface area contributed by atoms with E-state index in [1.807, 2.05) is 25.1 Å².